The summed E-state index contributed by atoms with van der Waals surface area (Å²) >= 11 is 5.85. The molecule has 2 aromatic rings. The lowest BCUT2D eigenvalue weighted by molar-refractivity contribution is 0.0524. The molecule has 0 amide bonds. The van der Waals surface area contributed by atoms with Crippen molar-refractivity contribution in [1.82, 2.24) is 4.68 Å². The average molecular weight is 311 g/mol. The number of pyridine rings is 1. The van der Waals surface area contributed by atoms with E-state index in [1.165, 1.54) is 16.9 Å². The van der Waals surface area contributed by atoms with Gasteiger partial charge in [-0.25, -0.2) is 9.18 Å². The van der Waals surface area contributed by atoms with Gasteiger partial charge in [0.2, 0.25) is 5.43 Å². The Kier molecular flexibility index (Phi) is 3.33. The minimum absolute atomic E-state index is 0.104. The number of nitrogens with one attached hydrogen (secondary N) is 1. The summed E-state index contributed by atoms with van der Waals surface area (Å²) in [6.07, 6.45) is 1.76. The first-order chi connectivity index (χ1) is 10.0. The highest BCUT2D eigenvalue weighted by atomic mass is 35.5. The summed E-state index contributed by atoms with van der Waals surface area (Å²) < 4.78 is 20.5. The zero-order valence-corrected chi connectivity index (χ0v) is 12.0. The van der Waals surface area contributed by atoms with E-state index in [4.69, 9.17) is 16.3 Å². The molecule has 1 aliphatic rings. The van der Waals surface area contributed by atoms with Crippen LogP contribution >= 0.6 is 11.6 Å². The molecular weight excluding hydrogens is 299 g/mol. The van der Waals surface area contributed by atoms with Crippen LogP contribution in [0.4, 0.5) is 4.39 Å². The smallest absolute Gasteiger partial charge is 0.343 e. The van der Waals surface area contributed by atoms with Gasteiger partial charge in [-0.2, -0.15) is 0 Å². The molecule has 1 aromatic carbocycles. The molecule has 5 nitrogen and oxygen atoms in total. The number of hydrogen-bond acceptors (Lipinski definition) is 4. The van der Waals surface area contributed by atoms with Crippen LogP contribution in [0.25, 0.3) is 10.9 Å². The van der Waals surface area contributed by atoms with Gasteiger partial charge >= 0.3 is 5.97 Å². The molecular formula is C14H12ClFN2O3. The molecule has 2 heterocycles. The summed E-state index contributed by atoms with van der Waals surface area (Å²) in [7, 11) is 0. The Balaban J connectivity index is 2.38. The average Bonchev–Trinajstić information content (AvgIpc) is 2.47. The van der Waals surface area contributed by atoms with E-state index < -0.39 is 17.2 Å². The highest BCUT2D eigenvalue weighted by Gasteiger charge is 2.23. The summed E-state index contributed by atoms with van der Waals surface area (Å²) in [6.45, 7) is 2.30. The van der Waals surface area contributed by atoms with E-state index in [1.54, 1.807) is 6.92 Å². The molecule has 110 valence electrons. The maximum absolute atomic E-state index is 14.1. The summed E-state index contributed by atoms with van der Waals surface area (Å²) in [6, 6.07) is 1.25. The van der Waals surface area contributed by atoms with Gasteiger partial charge in [-0.05, 0) is 19.4 Å². The van der Waals surface area contributed by atoms with Crippen LogP contribution in [0.1, 0.15) is 22.8 Å². The van der Waals surface area contributed by atoms with Gasteiger partial charge in [0.25, 0.3) is 0 Å². The Morgan fingerprint density at radius 1 is 1.57 bits per heavy atom. The van der Waals surface area contributed by atoms with Crippen LogP contribution in [0.3, 0.4) is 0 Å². The third-order valence-corrected chi connectivity index (χ3v) is 3.70. The molecule has 0 unspecified atom stereocenters. The summed E-state index contributed by atoms with van der Waals surface area (Å²) in [5.41, 5.74) is 3.18. The molecule has 0 atom stereocenters. The largest absolute Gasteiger partial charge is 0.462 e. The van der Waals surface area contributed by atoms with Gasteiger partial charge in [0.1, 0.15) is 11.4 Å². The van der Waals surface area contributed by atoms with Gasteiger partial charge < -0.3 is 10.2 Å². The molecule has 1 N–H and O–H groups in total. The molecule has 0 saturated carbocycles. The van der Waals surface area contributed by atoms with Crippen LogP contribution < -0.4 is 10.9 Å². The first-order valence-electron chi connectivity index (χ1n) is 6.51. The van der Waals surface area contributed by atoms with Gasteiger partial charge in [0.15, 0.2) is 0 Å². The molecule has 0 fully saturated rings. The fraction of sp³-hybridized carbons (Fsp3) is 0.286. The van der Waals surface area contributed by atoms with Gasteiger partial charge in [-0.1, -0.05) is 11.6 Å². The fourth-order valence-electron chi connectivity index (χ4n) is 2.52. The molecule has 7 heteroatoms. The van der Waals surface area contributed by atoms with Crippen LogP contribution in [-0.4, -0.2) is 23.8 Å². The molecule has 0 aliphatic carbocycles. The highest BCUT2D eigenvalue weighted by Crippen LogP contribution is 2.28. The molecule has 0 saturated heterocycles. The van der Waals surface area contributed by atoms with Crippen molar-refractivity contribution in [2.24, 2.45) is 0 Å². The summed E-state index contributed by atoms with van der Waals surface area (Å²) in [5, 5.41) is 0.0817. The Labute approximate surface area is 124 Å². The zero-order valence-electron chi connectivity index (χ0n) is 11.2. The van der Waals surface area contributed by atoms with Crippen molar-refractivity contribution in [3.05, 3.63) is 44.5 Å². The van der Waals surface area contributed by atoms with Crippen LogP contribution in [-0.2, 0) is 11.2 Å². The maximum atomic E-state index is 14.1. The molecule has 0 radical (unpaired) electrons. The van der Waals surface area contributed by atoms with E-state index in [1.807, 2.05) is 0 Å². The number of hydrogen-bond donors (Lipinski definition) is 1. The minimum Gasteiger partial charge on any atom is -0.462 e. The quantitative estimate of drug-likeness (QED) is 0.863. The van der Waals surface area contributed by atoms with Gasteiger partial charge in [0, 0.05) is 18.3 Å². The lowest BCUT2D eigenvalue weighted by Crippen LogP contribution is -2.30. The molecule has 3 rings (SSSR count). The Hall–Kier alpha value is -2.08. The summed E-state index contributed by atoms with van der Waals surface area (Å²) in [4.78, 5) is 24.3. The molecule has 0 bridgehead atoms. The van der Waals surface area contributed by atoms with Crippen LogP contribution in [0.2, 0.25) is 5.02 Å². The number of rotatable bonds is 2. The number of carbonyl (C=O) groups is 1. The van der Waals surface area contributed by atoms with E-state index in [2.05, 4.69) is 5.43 Å². The number of halogens is 2. The number of nitrogens with zero attached hydrogens (tertiary/aromatic N) is 1. The molecule has 0 spiro atoms. The van der Waals surface area contributed by atoms with Crippen molar-refractivity contribution >= 4 is 28.5 Å². The Morgan fingerprint density at radius 2 is 2.33 bits per heavy atom. The van der Waals surface area contributed by atoms with Gasteiger partial charge in [0.05, 0.1) is 22.5 Å². The number of carbonyl (C=O) groups excluding carboxylic acids is 1. The normalized spacial score (nSPS) is 13.1. The monoisotopic (exact) mass is 310 g/mol. The van der Waals surface area contributed by atoms with Crippen LogP contribution in [0, 0.1) is 5.82 Å². The topological polar surface area (TPSA) is 60.3 Å². The predicted octanol–water partition coefficient (Wildman–Crippen LogP) is 2.07. The number of ether oxygens (including phenoxy) is 1. The van der Waals surface area contributed by atoms with Crippen LogP contribution in [0.5, 0.6) is 0 Å². The van der Waals surface area contributed by atoms with Crippen molar-refractivity contribution in [1.29, 1.82) is 0 Å². The zero-order chi connectivity index (χ0) is 15.1. The van der Waals surface area contributed by atoms with Crippen molar-refractivity contribution < 1.29 is 13.9 Å². The number of esters is 1. The standard InChI is InChI=1S/C14H12ClFN2O3/c1-2-21-14(20)9-6-18-12-7(3-4-17-18)11(16)10(15)5-8(12)13(9)19/h5-6,17H,2-4H2,1H3. The fourth-order valence-corrected chi connectivity index (χ4v) is 2.75. The minimum atomic E-state index is -0.706. The molecule has 1 aromatic heterocycles. The van der Waals surface area contributed by atoms with E-state index in [-0.39, 0.29) is 22.6 Å². The second-order valence-electron chi connectivity index (χ2n) is 4.67. The Bertz CT molecular complexity index is 816. The third kappa shape index (κ3) is 2.06. The summed E-state index contributed by atoms with van der Waals surface area (Å²) in [5.74, 6) is -1.23. The van der Waals surface area contributed by atoms with E-state index in [9.17, 15) is 14.0 Å². The van der Waals surface area contributed by atoms with Crippen LogP contribution in [0.15, 0.2) is 17.1 Å². The third-order valence-electron chi connectivity index (χ3n) is 3.43. The maximum Gasteiger partial charge on any atom is 0.343 e. The number of benzene rings is 1. The lowest BCUT2D eigenvalue weighted by atomic mass is 10.0. The van der Waals surface area contributed by atoms with Crippen molar-refractivity contribution in [3.63, 3.8) is 0 Å². The van der Waals surface area contributed by atoms with E-state index in [0.29, 0.717) is 24.0 Å². The van der Waals surface area contributed by atoms with E-state index >= 15 is 0 Å². The lowest BCUT2D eigenvalue weighted by Gasteiger charge is -2.23. The second kappa shape index (κ2) is 5.04. The first-order valence-corrected chi connectivity index (χ1v) is 6.89. The van der Waals surface area contributed by atoms with Gasteiger partial charge in [-0.3, -0.25) is 9.47 Å². The van der Waals surface area contributed by atoms with Crippen molar-refractivity contribution in [3.8, 4) is 0 Å². The molecule has 1 aliphatic heterocycles. The van der Waals surface area contributed by atoms with Gasteiger partial charge in [-0.15, -0.1) is 0 Å². The van der Waals surface area contributed by atoms with Crippen molar-refractivity contribution in [2.75, 3.05) is 18.6 Å². The first kappa shape index (κ1) is 13.9. The van der Waals surface area contributed by atoms with E-state index in [0.717, 1.165) is 0 Å². The van der Waals surface area contributed by atoms with Crippen molar-refractivity contribution in [2.45, 2.75) is 13.3 Å². The predicted molar refractivity (Wildman–Crippen MR) is 77.1 cm³/mol. The Morgan fingerprint density at radius 3 is 3.05 bits per heavy atom. The second-order valence-corrected chi connectivity index (χ2v) is 5.07. The number of aromatic nitrogens is 1. The highest BCUT2D eigenvalue weighted by molar-refractivity contribution is 6.31. The molecule has 21 heavy (non-hydrogen) atoms. The SMILES string of the molecule is CCOC(=O)c1cn2c3c(c(F)c(Cl)cc3c1=O)CCN2.